The molecule has 0 saturated carbocycles. The number of esters is 1. The van der Waals surface area contributed by atoms with Crippen molar-refractivity contribution >= 4 is 23.7 Å². The Hall–Kier alpha value is -2.06. The predicted molar refractivity (Wildman–Crippen MR) is 110 cm³/mol. The number of ether oxygens (including phenoxy) is 2. The van der Waals surface area contributed by atoms with Crippen molar-refractivity contribution in [1.29, 1.82) is 0 Å². The van der Waals surface area contributed by atoms with Crippen LogP contribution in [0.4, 0.5) is 5.95 Å². The zero-order chi connectivity index (χ0) is 19.9. The topological polar surface area (TPSA) is 69.5 Å². The van der Waals surface area contributed by atoms with Crippen LogP contribution in [0.25, 0.3) is 0 Å². The van der Waals surface area contributed by atoms with Gasteiger partial charge in [-0.05, 0) is 18.4 Å². The highest BCUT2D eigenvalue weighted by atomic mass is 32.2. The fourth-order valence-corrected chi connectivity index (χ4v) is 4.13. The van der Waals surface area contributed by atoms with Crippen molar-refractivity contribution < 1.29 is 14.3 Å². The number of rotatable bonds is 8. The lowest BCUT2D eigenvalue weighted by Crippen LogP contribution is -2.38. The predicted octanol–water partition coefficient (Wildman–Crippen LogP) is 3.17. The number of carbonyl (C=O) groups excluding carboxylic acids is 1. The lowest BCUT2D eigenvalue weighted by atomic mass is 10.1. The van der Waals surface area contributed by atoms with E-state index in [2.05, 4.69) is 33.5 Å². The van der Waals surface area contributed by atoms with Gasteiger partial charge in [-0.1, -0.05) is 55.9 Å². The van der Waals surface area contributed by atoms with E-state index >= 15 is 0 Å². The van der Waals surface area contributed by atoms with Crippen molar-refractivity contribution in [3.63, 3.8) is 0 Å². The first kappa shape index (κ1) is 20.7. The van der Waals surface area contributed by atoms with E-state index in [0.717, 1.165) is 36.3 Å². The largest absolute Gasteiger partial charge is 0.465 e. The first-order valence-corrected chi connectivity index (χ1v) is 10.6. The van der Waals surface area contributed by atoms with Gasteiger partial charge in [0.1, 0.15) is 5.25 Å². The normalized spacial score (nSPS) is 15.6. The maximum absolute atomic E-state index is 12.7. The molecule has 8 heteroatoms. The molecule has 1 aliphatic rings. The van der Waals surface area contributed by atoms with Gasteiger partial charge in [0.15, 0.2) is 5.16 Å². The molecule has 1 aromatic heterocycles. The van der Waals surface area contributed by atoms with E-state index in [1.54, 1.807) is 0 Å². The van der Waals surface area contributed by atoms with E-state index in [4.69, 9.17) is 9.47 Å². The summed E-state index contributed by atoms with van der Waals surface area (Å²) < 4.78 is 12.9. The third-order valence-electron chi connectivity index (χ3n) is 4.37. The number of thioether (sulfide) groups is 1. The smallest absolute Gasteiger partial charge is 0.324 e. The van der Waals surface area contributed by atoms with Crippen LogP contribution in [0.2, 0.25) is 0 Å². The summed E-state index contributed by atoms with van der Waals surface area (Å²) in [5, 5.41) is 9.15. The minimum absolute atomic E-state index is 0.259. The van der Waals surface area contributed by atoms with Crippen LogP contribution in [0.5, 0.6) is 0 Å². The molecule has 1 aromatic carbocycles. The number of hydrogen-bond acceptors (Lipinski definition) is 7. The Labute approximate surface area is 170 Å². The van der Waals surface area contributed by atoms with Crippen LogP contribution in [0.3, 0.4) is 0 Å². The molecule has 2 aromatic rings. The molecule has 1 unspecified atom stereocenters. The maximum atomic E-state index is 12.7. The molecular formula is C20H28N4O3S. The fraction of sp³-hybridized carbons (Fsp3) is 0.550. The molecule has 0 radical (unpaired) electrons. The Bertz CT molecular complexity index is 760. The van der Waals surface area contributed by atoms with Crippen molar-refractivity contribution in [3.05, 3.63) is 35.9 Å². The molecule has 0 aliphatic carbocycles. The van der Waals surface area contributed by atoms with Gasteiger partial charge >= 0.3 is 5.97 Å². The van der Waals surface area contributed by atoms with E-state index in [9.17, 15) is 4.79 Å². The monoisotopic (exact) mass is 404 g/mol. The van der Waals surface area contributed by atoms with Crippen LogP contribution in [-0.2, 0) is 20.8 Å². The summed E-state index contributed by atoms with van der Waals surface area (Å²) >= 11 is 1.40. The Morgan fingerprint density at radius 1 is 1.21 bits per heavy atom. The van der Waals surface area contributed by atoms with Crippen LogP contribution < -0.4 is 4.90 Å². The fourth-order valence-electron chi connectivity index (χ4n) is 3.09. The number of morpholine rings is 1. The van der Waals surface area contributed by atoms with Gasteiger partial charge in [-0.25, -0.2) is 0 Å². The summed E-state index contributed by atoms with van der Waals surface area (Å²) in [5.74, 6) is 1.01. The van der Waals surface area contributed by atoms with E-state index in [0.29, 0.717) is 25.7 Å². The summed E-state index contributed by atoms with van der Waals surface area (Å²) in [4.78, 5) is 14.9. The van der Waals surface area contributed by atoms with Gasteiger partial charge in [-0.15, -0.1) is 10.2 Å². The van der Waals surface area contributed by atoms with Gasteiger partial charge in [0, 0.05) is 19.6 Å². The molecule has 28 heavy (non-hydrogen) atoms. The second-order valence-corrected chi connectivity index (χ2v) is 8.12. The molecule has 1 aliphatic heterocycles. The molecule has 3 rings (SSSR count). The third kappa shape index (κ3) is 5.05. The van der Waals surface area contributed by atoms with Gasteiger partial charge in [-0.3, -0.25) is 9.36 Å². The highest BCUT2D eigenvalue weighted by Gasteiger charge is 2.28. The molecule has 0 amide bonds. The molecule has 1 atom stereocenters. The zero-order valence-electron chi connectivity index (χ0n) is 16.7. The lowest BCUT2D eigenvalue weighted by Gasteiger charge is -2.28. The van der Waals surface area contributed by atoms with Gasteiger partial charge < -0.3 is 14.4 Å². The van der Waals surface area contributed by atoms with Crippen LogP contribution >= 0.6 is 11.8 Å². The Balaban J connectivity index is 1.91. The number of nitrogens with zero attached hydrogens (tertiary/aromatic N) is 4. The van der Waals surface area contributed by atoms with Crippen LogP contribution in [0.15, 0.2) is 35.5 Å². The summed E-state index contributed by atoms with van der Waals surface area (Å²) in [7, 11) is 0. The van der Waals surface area contributed by atoms with Crippen molar-refractivity contribution in [2.24, 2.45) is 5.92 Å². The highest BCUT2D eigenvalue weighted by molar-refractivity contribution is 8.00. The van der Waals surface area contributed by atoms with E-state index in [1.165, 1.54) is 11.8 Å². The quantitative estimate of drug-likeness (QED) is 0.494. The molecular weight excluding hydrogens is 376 g/mol. The molecule has 0 N–H and O–H groups in total. The molecule has 1 fully saturated rings. The minimum atomic E-state index is -0.478. The second-order valence-electron chi connectivity index (χ2n) is 7.05. The van der Waals surface area contributed by atoms with Gasteiger partial charge in [-0.2, -0.15) is 0 Å². The zero-order valence-corrected chi connectivity index (χ0v) is 17.5. The molecule has 2 heterocycles. The number of aromatic nitrogens is 3. The minimum Gasteiger partial charge on any atom is -0.465 e. The first-order chi connectivity index (χ1) is 13.6. The summed E-state index contributed by atoms with van der Waals surface area (Å²) in [5.41, 5.74) is 0.901. The molecule has 152 valence electrons. The summed E-state index contributed by atoms with van der Waals surface area (Å²) in [6.45, 7) is 10.2. The van der Waals surface area contributed by atoms with Crippen molar-refractivity contribution in [2.75, 3.05) is 37.8 Å². The lowest BCUT2D eigenvalue weighted by molar-refractivity contribution is -0.142. The standard InChI is InChI=1S/C20H28N4O3S/c1-4-27-18(25)17(16-8-6-5-7-9-16)28-20-22-21-19(24(20)14-15(2)3)23-10-12-26-13-11-23/h5-9,15,17H,4,10-14H2,1-3H3. The van der Waals surface area contributed by atoms with Crippen LogP contribution in [0.1, 0.15) is 31.6 Å². The Morgan fingerprint density at radius 3 is 2.57 bits per heavy atom. The first-order valence-electron chi connectivity index (χ1n) is 9.74. The van der Waals surface area contributed by atoms with E-state index in [1.807, 2.05) is 37.3 Å². The summed E-state index contributed by atoms with van der Waals surface area (Å²) in [6.07, 6.45) is 0. The average molecular weight is 405 g/mol. The second kappa shape index (κ2) is 9.93. The van der Waals surface area contributed by atoms with E-state index < -0.39 is 5.25 Å². The van der Waals surface area contributed by atoms with Gasteiger partial charge in [0.2, 0.25) is 5.95 Å². The Morgan fingerprint density at radius 2 is 1.93 bits per heavy atom. The number of anilines is 1. The van der Waals surface area contributed by atoms with Crippen molar-refractivity contribution in [3.8, 4) is 0 Å². The third-order valence-corrected chi connectivity index (χ3v) is 5.58. The highest BCUT2D eigenvalue weighted by Crippen LogP contribution is 2.37. The average Bonchev–Trinajstić information content (AvgIpc) is 3.09. The SMILES string of the molecule is CCOC(=O)C(Sc1nnc(N2CCOCC2)n1CC(C)C)c1ccccc1. The van der Waals surface area contributed by atoms with E-state index in [-0.39, 0.29) is 5.97 Å². The number of hydrogen-bond donors (Lipinski definition) is 0. The molecule has 1 saturated heterocycles. The summed E-state index contributed by atoms with van der Waals surface area (Å²) in [6, 6.07) is 9.69. The number of benzene rings is 1. The van der Waals surface area contributed by atoms with Crippen molar-refractivity contribution in [2.45, 2.75) is 37.7 Å². The van der Waals surface area contributed by atoms with Crippen molar-refractivity contribution in [1.82, 2.24) is 14.8 Å². The number of carbonyl (C=O) groups is 1. The van der Waals surface area contributed by atoms with Gasteiger partial charge in [0.05, 0.1) is 19.8 Å². The molecule has 0 spiro atoms. The van der Waals surface area contributed by atoms with Crippen LogP contribution in [0, 0.1) is 5.92 Å². The van der Waals surface area contributed by atoms with Crippen LogP contribution in [-0.4, -0.2) is 53.6 Å². The molecule has 0 bridgehead atoms. The van der Waals surface area contributed by atoms with Gasteiger partial charge in [0.25, 0.3) is 0 Å². The maximum Gasteiger partial charge on any atom is 0.324 e. The molecule has 7 nitrogen and oxygen atoms in total. The Kier molecular flexibility index (Phi) is 7.33.